The van der Waals surface area contributed by atoms with Crippen LogP contribution in [-0.4, -0.2) is 22.2 Å². The maximum absolute atomic E-state index is 10.4. The Morgan fingerprint density at radius 1 is 1.06 bits per heavy atom. The highest BCUT2D eigenvalue weighted by molar-refractivity contribution is 7.99. The van der Waals surface area contributed by atoms with Gasteiger partial charge in [0.25, 0.3) is 0 Å². The molecule has 1 N–H and O–H groups in total. The lowest BCUT2D eigenvalue weighted by atomic mass is 9.78. The van der Waals surface area contributed by atoms with Gasteiger partial charge >= 0.3 is 0 Å². The maximum atomic E-state index is 10.4. The predicted octanol–water partition coefficient (Wildman–Crippen LogP) is 4.63. The molecule has 0 amide bonds. The second-order valence-corrected chi connectivity index (χ2v) is 7.69. The fraction of sp³-hybridized carbons (Fsp3) is 1.00. The number of rotatable bonds is 5. The van der Waals surface area contributed by atoms with E-state index in [0.717, 1.165) is 16.9 Å². The molecule has 2 fully saturated rings. The Morgan fingerprint density at radius 3 is 2.56 bits per heavy atom. The molecule has 0 bridgehead atoms. The lowest BCUT2D eigenvalue weighted by Gasteiger charge is -2.32. The molecule has 0 heterocycles. The fourth-order valence-corrected chi connectivity index (χ4v) is 5.06. The minimum atomic E-state index is -0.0359. The van der Waals surface area contributed by atoms with Crippen molar-refractivity contribution in [2.24, 2.45) is 11.8 Å². The monoisotopic (exact) mass is 270 g/mol. The summed E-state index contributed by atoms with van der Waals surface area (Å²) in [5.41, 5.74) is 0. The summed E-state index contributed by atoms with van der Waals surface area (Å²) in [5, 5.41) is 11.2. The number of hydrogen-bond acceptors (Lipinski definition) is 2. The van der Waals surface area contributed by atoms with Crippen molar-refractivity contribution in [1.29, 1.82) is 0 Å². The molecule has 2 heteroatoms. The largest absolute Gasteiger partial charge is 0.392 e. The van der Waals surface area contributed by atoms with Gasteiger partial charge in [0.05, 0.1) is 6.10 Å². The molecule has 0 aromatic carbocycles. The topological polar surface area (TPSA) is 20.2 Å². The molecule has 0 aromatic heterocycles. The van der Waals surface area contributed by atoms with E-state index in [0.29, 0.717) is 5.92 Å². The Kier molecular flexibility index (Phi) is 6.37. The van der Waals surface area contributed by atoms with Gasteiger partial charge in [-0.05, 0) is 37.5 Å². The Hall–Kier alpha value is 0.310. The minimum absolute atomic E-state index is 0.0359. The van der Waals surface area contributed by atoms with E-state index in [2.05, 4.69) is 18.7 Å². The van der Waals surface area contributed by atoms with E-state index in [1.165, 1.54) is 64.2 Å². The fourth-order valence-electron chi connectivity index (χ4n) is 3.66. The Bertz CT molecular complexity index is 225. The van der Waals surface area contributed by atoms with Crippen LogP contribution in [0.5, 0.6) is 0 Å². The Balaban J connectivity index is 1.68. The zero-order valence-corrected chi connectivity index (χ0v) is 12.8. The second-order valence-electron chi connectivity index (χ2n) is 6.36. The molecule has 106 valence electrons. The molecule has 1 nitrogen and oxygen atoms in total. The van der Waals surface area contributed by atoms with Crippen LogP contribution in [-0.2, 0) is 0 Å². The summed E-state index contributed by atoms with van der Waals surface area (Å²) in [6.45, 7) is 2.30. The Labute approximate surface area is 117 Å². The molecule has 2 saturated carbocycles. The number of thioether (sulfide) groups is 1. The van der Waals surface area contributed by atoms with Crippen molar-refractivity contribution in [3.63, 3.8) is 0 Å². The van der Waals surface area contributed by atoms with Crippen LogP contribution in [0.25, 0.3) is 0 Å². The van der Waals surface area contributed by atoms with E-state index < -0.39 is 0 Å². The average Bonchev–Trinajstić information content (AvgIpc) is 2.46. The van der Waals surface area contributed by atoms with Crippen LogP contribution >= 0.6 is 11.8 Å². The first-order chi connectivity index (χ1) is 8.79. The van der Waals surface area contributed by atoms with E-state index in [-0.39, 0.29) is 6.10 Å². The predicted molar refractivity (Wildman–Crippen MR) is 81.1 cm³/mol. The average molecular weight is 270 g/mol. The first-order valence-electron chi connectivity index (χ1n) is 8.09. The summed E-state index contributed by atoms with van der Waals surface area (Å²) in [5.74, 6) is 2.48. The molecule has 0 saturated heterocycles. The van der Waals surface area contributed by atoms with E-state index in [4.69, 9.17) is 0 Å². The lowest BCUT2D eigenvalue weighted by Crippen LogP contribution is -2.29. The summed E-state index contributed by atoms with van der Waals surface area (Å²) in [4.78, 5) is 0. The zero-order valence-electron chi connectivity index (χ0n) is 11.9. The summed E-state index contributed by atoms with van der Waals surface area (Å²) in [6, 6.07) is 0. The van der Waals surface area contributed by atoms with Crippen molar-refractivity contribution in [2.45, 2.75) is 82.5 Å². The van der Waals surface area contributed by atoms with Gasteiger partial charge in [0, 0.05) is 11.0 Å². The standard InChI is InChI=1S/C16H30OS/c1-2-13-7-6-8-14(11-13)16(17)12-18-15-9-4-3-5-10-15/h13-17H,2-12H2,1H3. The summed E-state index contributed by atoms with van der Waals surface area (Å²) < 4.78 is 0. The van der Waals surface area contributed by atoms with Gasteiger partial charge in [-0.2, -0.15) is 11.8 Å². The first-order valence-corrected chi connectivity index (χ1v) is 9.14. The maximum Gasteiger partial charge on any atom is 0.0658 e. The smallest absolute Gasteiger partial charge is 0.0658 e. The van der Waals surface area contributed by atoms with Crippen molar-refractivity contribution < 1.29 is 5.11 Å². The van der Waals surface area contributed by atoms with Crippen molar-refractivity contribution in [3.8, 4) is 0 Å². The minimum Gasteiger partial charge on any atom is -0.392 e. The van der Waals surface area contributed by atoms with Crippen LogP contribution in [0.1, 0.15) is 71.1 Å². The first kappa shape index (κ1) is 14.7. The highest BCUT2D eigenvalue weighted by Gasteiger charge is 2.27. The number of hydrogen-bond donors (Lipinski definition) is 1. The number of aliphatic hydroxyl groups is 1. The molecule has 0 aromatic rings. The Morgan fingerprint density at radius 2 is 1.83 bits per heavy atom. The molecule has 0 radical (unpaired) electrons. The highest BCUT2D eigenvalue weighted by atomic mass is 32.2. The van der Waals surface area contributed by atoms with Crippen LogP contribution in [0, 0.1) is 11.8 Å². The van der Waals surface area contributed by atoms with E-state index in [1.54, 1.807) is 0 Å². The van der Waals surface area contributed by atoms with Gasteiger partial charge in [-0.15, -0.1) is 0 Å². The van der Waals surface area contributed by atoms with Gasteiger partial charge in [-0.25, -0.2) is 0 Å². The van der Waals surface area contributed by atoms with Gasteiger partial charge in [0.1, 0.15) is 0 Å². The number of aliphatic hydroxyl groups excluding tert-OH is 1. The molecule has 18 heavy (non-hydrogen) atoms. The van der Waals surface area contributed by atoms with Crippen molar-refractivity contribution in [1.82, 2.24) is 0 Å². The van der Waals surface area contributed by atoms with Gasteiger partial charge in [-0.1, -0.05) is 45.4 Å². The van der Waals surface area contributed by atoms with Crippen molar-refractivity contribution >= 4 is 11.8 Å². The molecule has 0 aliphatic heterocycles. The third kappa shape index (κ3) is 4.45. The SMILES string of the molecule is CCC1CCCC(C(O)CSC2CCCCC2)C1. The molecule has 2 rings (SSSR count). The van der Waals surface area contributed by atoms with Crippen LogP contribution in [0.4, 0.5) is 0 Å². The van der Waals surface area contributed by atoms with Gasteiger partial charge in [0.2, 0.25) is 0 Å². The second kappa shape index (κ2) is 7.79. The molecule has 0 spiro atoms. The lowest BCUT2D eigenvalue weighted by molar-refractivity contribution is 0.0860. The molecular formula is C16H30OS. The van der Waals surface area contributed by atoms with E-state index in [9.17, 15) is 5.11 Å². The van der Waals surface area contributed by atoms with Gasteiger partial charge in [-0.3, -0.25) is 0 Å². The highest BCUT2D eigenvalue weighted by Crippen LogP contribution is 2.35. The van der Waals surface area contributed by atoms with Crippen molar-refractivity contribution in [2.75, 3.05) is 5.75 Å². The van der Waals surface area contributed by atoms with Crippen LogP contribution in [0.15, 0.2) is 0 Å². The van der Waals surface area contributed by atoms with Gasteiger partial charge < -0.3 is 5.11 Å². The quantitative estimate of drug-likeness (QED) is 0.786. The molecule has 2 aliphatic carbocycles. The van der Waals surface area contributed by atoms with E-state index in [1.807, 2.05) is 0 Å². The molecule has 3 unspecified atom stereocenters. The zero-order chi connectivity index (χ0) is 12.8. The van der Waals surface area contributed by atoms with E-state index >= 15 is 0 Å². The summed E-state index contributed by atoms with van der Waals surface area (Å²) >= 11 is 2.06. The van der Waals surface area contributed by atoms with Crippen LogP contribution < -0.4 is 0 Å². The molecule has 3 atom stereocenters. The van der Waals surface area contributed by atoms with Crippen LogP contribution in [0.3, 0.4) is 0 Å². The van der Waals surface area contributed by atoms with Crippen LogP contribution in [0.2, 0.25) is 0 Å². The van der Waals surface area contributed by atoms with Crippen molar-refractivity contribution in [3.05, 3.63) is 0 Å². The summed E-state index contributed by atoms with van der Waals surface area (Å²) in [7, 11) is 0. The van der Waals surface area contributed by atoms with Gasteiger partial charge in [0.15, 0.2) is 0 Å². The third-order valence-electron chi connectivity index (χ3n) is 5.00. The normalized spacial score (nSPS) is 32.3. The molecule has 2 aliphatic rings. The molecular weight excluding hydrogens is 240 g/mol. The third-order valence-corrected chi connectivity index (χ3v) is 6.48. The summed E-state index contributed by atoms with van der Waals surface area (Å²) in [6.07, 6.45) is 13.6.